The van der Waals surface area contributed by atoms with Crippen molar-refractivity contribution in [2.75, 3.05) is 19.6 Å². The lowest BCUT2D eigenvalue weighted by Gasteiger charge is -2.44. The largest absolute Gasteiger partial charge is 0.444 e. The van der Waals surface area contributed by atoms with Crippen molar-refractivity contribution in [2.24, 2.45) is 5.92 Å². The van der Waals surface area contributed by atoms with E-state index in [4.69, 9.17) is 4.74 Å². The predicted octanol–water partition coefficient (Wildman–Crippen LogP) is 2.64. The van der Waals surface area contributed by atoms with E-state index in [9.17, 15) is 9.59 Å². The molecule has 5 heteroatoms. The van der Waals surface area contributed by atoms with Crippen molar-refractivity contribution in [3.05, 3.63) is 0 Å². The number of hydrogen-bond donors (Lipinski definition) is 0. The van der Waals surface area contributed by atoms with Crippen molar-refractivity contribution >= 4 is 12.0 Å². The molecule has 21 heavy (non-hydrogen) atoms. The summed E-state index contributed by atoms with van der Waals surface area (Å²) in [5, 5.41) is 0. The highest BCUT2D eigenvalue weighted by Crippen LogP contribution is 2.26. The summed E-state index contributed by atoms with van der Waals surface area (Å²) in [6, 6.07) is 0.138. The second-order valence-corrected chi connectivity index (χ2v) is 7.30. The van der Waals surface area contributed by atoms with Gasteiger partial charge in [-0.3, -0.25) is 4.79 Å². The van der Waals surface area contributed by atoms with Gasteiger partial charge in [-0.1, -0.05) is 6.92 Å². The normalized spacial score (nSPS) is 27.7. The lowest BCUT2D eigenvalue weighted by molar-refractivity contribution is -0.138. The van der Waals surface area contributed by atoms with Crippen molar-refractivity contribution in [2.45, 2.75) is 65.0 Å². The molecule has 0 radical (unpaired) electrons. The molecular formula is C16H28N2O3. The molecule has 120 valence electrons. The van der Waals surface area contributed by atoms with Crippen molar-refractivity contribution in [1.82, 2.24) is 9.80 Å². The van der Waals surface area contributed by atoms with Gasteiger partial charge in [0.2, 0.25) is 5.91 Å². The van der Waals surface area contributed by atoms with Gasteiger partial charge in [0.1, 0.15) is 5.60 Å². The SMILES string of the molecule is C[C@H]1CCN(C(=O)OC(C)(C)C)C[C@H]1N1CCCCC1=O. The molecule has 2 saturated heterocycles. The molecule has 0 aromatic heterocycles. The third-order valence-electron chi connectivity index (χ3n) is 4.33. The van der Waals surface area contributed by atoms with E-state index < -0.39 is 5.60 Å². The molecule has 0 saturated carbocycles. The van der Waals surface area contributed by atoms with Gasteiger partial charge in [0.25, 0.3) is 0 Å². The van der Waals surface area contributed by atoms with Crippen LogP contribution in [0.5, 0.6) is 0 Å². The number of piperidine rings is 2. The Morgan fingerprint density at radius 1 is 1.24 bits per heavy atom. The van der Waals surface area contributed by atoms with Gasteiger partial charge in [-0.05, 0) is 46.0 Å². The van der Waals surface area contributed by atoms with Crippen molar-refractivity contribution in [3.8, 4) is 0 Å². The Bertz CT molecular complexity index is 403. The van der Waals surface area contributed by atoms with Gasteiger partial charge < -0.3 is 14.5 Å². The predicted molar refractivity (Wildman–Crippen MR) is 80.9 cm³/mol. The van der Waals surface area contributed by atoms with Crippen LogP contribution >= 0.6 is 0 Å². The fourth-order valence-corrected chi connectivity index (χ4v) is 3.12. The quantitative estimate of drug-likeness (QED) is 0.747. The minimum Gasteiger partial charge on any atom is -0.444 e. The molecule has 2 heterocycles. The Labute approximate surface area is 127 Å². The average molecular weight is 296 g/mol. The van der Waals surface area contributed by atoms with Crippen LogP contribution in [0.25, 0.3) is 0 Å². The van der Waals surface area contributed by atoms with Crippen LogP contribution in [0.4, 0.5) is 4.79 Å². The highest BCUT2D eigenvalue weighted by Gasteiger charge is 2.37. The lowest BCUT2D eigenvalue weighted by Crippen LogP contribution is -2.56. The Hall–Kier alpha value is -1.26. The van der Waals surface area contributed by atoms with E-state index in [2.05, 4.69) is 6.92 Å². The van der Waals surface area contributed by atoms with Gasteiger partial charge in [-0.25, -0.2) is 4.79 Å². The summed E-state index contributed by atoms with van der Waals surface area (Å²) < 4.78 is 5.46. The molecule has 0 N–H and O–H groups in total. The van der Waals surface area contributed by atoms with Crippen LogP contribution in [0.3, 0.4) is 0 Å². The van der Waals surface area contributed by atoms with Gasteiger partial charge in [0.05, 0.1) is 6.04 Å². The molecule has 0 unspecified atom stereocenters. The average Bonchev–Trinajstić information content (AvgIpc) is 2.38. The molecule has 2 fully saturated rings. The van der Waals surface area contributed by atoms with Gasteiger partial charge in [-0.15, -0.1) is 0 Å². The number of ether oxygens (including phenoxy) is 1. The number of carbonyl (C=O) groups is 2. The zero-order valence-electron chi connectivity index (χ0n) is 13.7. The molecule has 5 nitrogen and oxygen atoms in total. The second kappa shape index (κ2) is 6.24. The molecule has 0 aromatic carbocycles. The molecular weight excluding hydrogens is 268 g/mol. The Balaban J connectivity index is 2.01. The first-order valence-electron chi connectivity index (χ1n) is 8.05. The highest BCUT2D eigenvalue weighted by molar-refractivity contribution is 5.77. The van der Waals surface area contributed by atoms with Crippen LogP contribution in [-0.2, 0) is 9.53 Å². The van der Waals surface area contributed by atoms with Crippen molar-refractivity contribution in [3.63, 3.8) is 0 Å². The minimum atomic E-state index is -0.476. The van der Waals surface area contributed by atoms with E-state index >= 15 is 0 Å². The van der Waals surface area contributed by atoms with Gasteiger partial charge >= 0.3 is 6.09 Å². The van der Waals surface area contributed by atoms with Crippen LogP contribution in [-0.4, -0.2) is 53.1 Å². The maximum absolute atomic E-state index is 12.2. The summed E-state index contributed by atoms with van der Waals surface area (Å²) in [4.78, 5) is 28.1. The summed E-state index contributed by atoms with van der Waals surface area (Å²) in [6.07, 6.45) is 3.38. The molecule has 2 aliphatic heterocycles. The number of hydrogen-bond acceptors (Lipinski definition) is 3. The molecule has 2 amide bonds. The summed E-state index contributed by atoms with van der Waals surface area (Å²) in [5.74, 6) is 0.676. The second-order valence-electron chi connectivity index (χ2n) is 7.30. The van der Waals surface area contributed by atoms with E-state index in [1.54, 1.807) is 4.90 Å². The highest BCUT2D eigenvalue weighted by atomic mass is 16.6. The maximum atomic E-state index is 12.2. The zero-order chi connectivity index (χ0) is 15.6. The number of nitrogens with zero attached hydrogens (tertiary/aromatic N) is 2. The molecule has 2 atom stereocenters. The number of carbonyl (C=O) groups excluding carboxylic acids is 2. The first-order valence-corrected chi connectivity index (χ1v) is 8.05. The van der Waals surface area contributed by atoms with Crippen molar-refractivity contribution < 1.29 is 14.3 Å². The molecule has 0 aliphatic carbocycles. The van der Waals surface area contributed by atoms with E-state index in [1.165, 1.54) is 0 Å². The van der Waals surface area contributed by atoms with Gasteiger partial charge in [-0.2, -0.15) is 0 Å². The maximum Gasteiger partial charge on any atom is 0.410 e. The van der Waals surface area contributed by atoms with Crippen LogP contribution in [0.1, 0.15) is 53.4 Å². The lowest BCUT2D eigenvalue weighted by atomic mass is 9.91. The topological polar surface area (TPSA) is 49.9 Å². The standard InChI is InChI=1S/C16H28N2O3/c1-12-8-10-17(15(20)21-16(2,3)4)11-13(12)18-9-6-5-7-14(18)19/h12-13H,5-11H2,1-4H3/t12-,13+/m0/s1. The Kier molecular flexibility index (Phi) is 4.79. The number of rotatable bonds is 1. The van der Waals surface area contributed by atoms with Gasteiger partial charge in [0, 0.05) is 26.1 Å². The summed E-state index contributed by atoms with van der Waals surface area (Å²) in [6.45, 7) is 9.96. The molecule has 0 aromatic rings. The molecule has 0 bridgehead atoms. The molecule has 2 rings (SSSR count). The van der Waals surface area contributed by atoms with Crippen LogP contribution in [0.2, 0.25) is 0 Å². The Morgan fingerprint density at radius 3 is 2.57 bits per heavy atom. The van der Waals surface area contributed by atoms with E-state index in [0.717, 1.165) is 25.8 Å². The first kappa shape index (κ1) is 16.1. The monoisotopic (exact) mass is 296 g/mol. The minimum absolute atomic E-state index is 0.138. The fraction of sp³-hybridized carbons (Fsp3) is 0.875. The summed E-state index contributed by atoms with van der Waals surface area (Å²) >= 11 is 0. The zero-order valence-corrected chi connectivity index (χ0v) is 13.7. The third-order valence-corrected chi connectivity index (χ3v) is 4.33. The third kappa shape index (κ3) is 4.11. The first-order chi connectivity index (χ1) is 9.78. The van der Waals surface area contributed by atoms with Crippen LogP contribution in [0, 0.1) is 5.92 Å². The summed E-state index contributed by atoms with van der Waals surface area (Å²) in [7, 11) is 0. The molecule has 2 aliphatic rings. The number of likely N-dealkylation sites (tertiary alicyclic amines) is 2. The fourth-order valence-electron chi connectivity index (χ4n) is 3.12. The van der Waals surface area contributed by atoms with Crippen molar-refractivity contribution in [1.29, 1.82) is 0 Å². The Morgan fingerprint density at radius 2 is 1.95 bits per heavy atom. The summed E-state index contributed by atoms with van der Waals surface area (Å²) in [5.41, 5.74) is -0.476. The van der Waals surface area contributed by atoms with E-state index in [-0.39, 0.29) is 18.0 Å². The van der Waals surface area contributed by atoms with E-state index in [1.807, 2.05) is 25.7 Å². The van der Waals surface area contributed by atoms with Gasteiger partial charge in [0.15, 0.2) is 0 Å². The number of amides is 2. The van der Waals surface area contributed by atoms with Crippen LogP contribution in [0.15, 0.2) is 0 Å². The van der Waals surface area contributed by atoms with E-state index in [0.29, 0.717) is 25.4 Å². The smallest absolute Gasteiger partial charge is 0.410 e. The van der Waals surface area contributed by atoms with Crippen LogP contribution < -0.4 is 0 Å². The molecule has 0 spiro atoms.